The van der Waals surface area contributed by atoms with E-state index in [0.717, 1.165) is 0 Å². The average Bonchev–Trinajstić information content (AvgIpc) is 2.25. The Bertz CT molecular complexity index is 381. The van der Waals surface area contributed by atoms with Gasteiger partial charge in [-0.25, -0.2) is 4.39 Å². The van der Waals surface area contributed by atoms with Crippen molar-refractivity contribution in [3.63, 3.8) is 0 Å². The van der Waals surface area contributed by atoms with Gasteiger partial charge in [0.15, 0.2) is 0 Å². The van der Waals surface area contributed by atoms with Crippen molar-refractivity contribution in [2.24, 2.45) is 0 Å². The fourth-order valence-corrected chi connectivity index (χ4v) is 1.56. The molecule has 0 fully saturated rings. The molecule has 0 heterocycles. The van der Waals surface area contributed by atoms with E-state index in [0.29, 0.717) is 22.9 Å². The lowest BCUT2D eigenvalue weighted by molar-refractivity contribution is 0.395. The zero-order valence-electron chi connectivity index (χ0n) is 9.39. The van der Waals surface area contributed by atoms with E-state index in [1.165, 1.54) is 13.2 Å². The molecule has 0 aliphatic heterocycles. The molecule has 2 nitrogen and oxygen atoms in total. The normalized spacial score (nSPS) is 12.2. The molecule has 1 aromatic carbocycles. The van der Waals surface area contributed by atoms with Gasteiger partial charge in [0.25, 0.3) is 0 Å². The summed E-state index contributed by atoms with van der Waals surface area (Å²) >= 11 is 5.64. The monoisotopic (exact) mass is 243 g/mol. The molecule has 0 aliphatic rings. The molecular weight excluding hydrogens is 229 g/mol. The zero-order chi connectivity index (χ0) is 12.1. The minimum atomic E-state index is -0.292. The maximum absolute atomic E-state index is 13.6. The van der Waals surface area contributed by atoms with Crippen molar-refractivity contribution in [2.75, 3.05) is 13.7 Å². The number of hydrogen-bond acceptors (Lipinski definition) is 2. The van der Waals surface area contributed by atoms with E-state index in [4.69, 9.17) is 16.3 Å². The molecule has 0 aromatic heterocycles. The second-order valence-electron chi connectivity index (χ2n) is 3.48. The summed E-state index contributed by atoms with van der Waals surface area (Å²) in [6.07, 6.45) is 0. The Hall–Kier alpha value is -1.06. The van der Waals surface area contributed by atoms with Crippen molar-refractivity contribution in [3.8, 4) is 5.75 Å². The minimum absolute atomic E-state index is 0.188. The van der Waals surface area contributed by atoms with Crippen molar-refractivity contribution in [3.05, 3.63) is 41.2 Å². The summed E-state index contributed by atoms with van der Waals surface area (Å²) in [7, 11) is 1.52. The molecule has 0 radical (unpaired) electrons. The van der Waals surface area contributed by atoms with Crippen LogP contribution in [-0.2, 0) is 0 Å². The molecule has 1 unspecified atom stereocenters. The summed E-state index contributed by atoms with van der Waals surface area (Å²) in [6.45, 7) is 5.84. The lowest BCUT2D eigenvalue weighted by atomic mass is 10.1. The Labute approximate surface area is 100 Å². The summed E-state index contributed by atoms with van der Waals surface area (Å²) in [5.41, 5.74) is 0.503. The Morgan fingerprint density at radius 3 is 2.88 bits per heavy atom. The number of nitrogens with one attached hydrogen (secondary N) is 1. The topological polar surface area (TPSA) is 21.3 Å². The maximum Gasteiger partial charge on any atom is 0.131 e. The number of benzene rings is 1. The second-order valence-corrected chi connectivity index (χ2v) is 4.01. The van der Waals surface area contributed by atoms with Crippen LogP contribution in [0.15, 0.2) is 29.8 Å². The molecule has 0 bridgehead atoms. The van der Waals surface area contributed by atoms with Crippen LogP contribution in [0.5, 0.6) is 5.75 Å². The van der Waals surface area contributed by atoms with Crippen LogP contribution in [-0.4, -0.2) is 13.7 Å². The zero-order valence-corrected chi connectivity index (χ0v) is 10.1. The van der Waals surface area contributed by atoms with Gasteiger partial charge in [0, 0.05) is 23.2 Å². The standard InChI is InChI=1S/C12H15ClFNO/c1-8(13)7-15-9(2)12-10(14)5-4-6-11(12)16-3/h4-6,9,15H,1,7H2,2-3H3. The summed E-state index contributed by atoms with van der Waals surface area (Å²) in [4.78, 5) is 0. The van der Waals surface area contributed by atoms with Gasteiger partial charge in [0.2, 0.25) is 0 Å². The molecule has 0 spiro atoms. The van der Waals surface area contributed by atoms with Crippen molar-refractivity contribution in [1.82, 2.24) is 5.32 Å². The third-order valence-electron chi connectivity index (χ3n) is 2.27. The molecule has 0 aliphatic carbocycles. The fraction of sp³-hybridized carbons (Fsp3) is 0.333. The Kier molecular flexibility index (Phi) is 4.77. The summed E-state index contributed by atoms with van der Waals surface area (Å²) in [5, 5.41) is 3.55. The van der Waals surface area contributed by atoms with Gasteiger partial charge in [-0.1, -0.05) is 24.2 Å². The number of hydrogen-bond donors (Lipinski definition) is 1. The Morgan fingerprint density at radius 2 is 2.31 bits per heavy atom. The molecule has 4 heteroatoms. The van der Waals surface area contributed by atoms with Gasteiger partial charge in [-0.05, 0) is 19.1 Å². The highest BCUT2D eigenvalue weighted by atomic mass is 35.5. The molecule has 1 atom stereocenters. The first-order valence-corrected chi connectivity index (χ1v) is 5.33. The molecule has 1 aromatic rings. The van der Waals surface area contributed by atoms with Crippen LogP contribution in [0.1, 0.15) is 18.5 Å². The predicted octanol–water partition coefficient (Wildman–Crippen LogP) is 3.24. The number of methoxy groups -OCH3 is 1. The molecule has 0 saturated carbocycles. The highest BCUT2D eigenvalue weighted by Gasteiger charge is 2.15. The number of ether oxygens (including phenoxy) is 1. The Balaban J connectivity index is 2.88. The van der Waals surface area contributed by atoms with Gasteiger partial charge < -0.3 is 10.1 Å². The first kappa shape index (κ1) is 13.0. The number of rotatable bonds is 5. The van der Waals surface area contributed by atoms with E-state index in [9.17, 15) is 4.39 Å². The summed E-state index contributed by atoms with van der Waals surface area (Å²) in [5.74, 6) is 0.236. The SMILES string of the molecule is C=C(Cl)CNC(C)c1c(F)cccc1OC. The van der Waals surface area contributed by atoms with Crippen LogP contribution in [0, 0.1) is 5.82 Å². The highest BCUT2D eigenvalue weighted by Crippen LogP contribution is 2.27. The maximum atomic E-state index is 13.6. The van der Waals surface area contributed by atoms with Crippen LogP contribution in [0.25, 0.3) is 0 Å². The van der Waals surface area contributed by atoms with E-state index in [-0.39, 0.29) is 11.9 Å². The van der Waals surface area contributed by atoms with Gasteiger partial charge in [-0.15, -0.1) is 0 Å². The smallest absolute Gasteiger partial charge is 0.131 e. The largest absolute Gasteiger partial charge is 0.496 e. The van der Waals surface area contributed by atoms with E-state index in [2.05, 4.69) is 11.9 Å². The van der Waals surface area contributed by atoms with Crippen LogP contribution in [0.2, 0.25) is 0 Å². The molecular formula is C12H15ClFNO. The van der Waals surface area contributed by atoms with E-state index >= 15 is 0 Å². The van der Waals surface area contributed by atoms with Gasteiger partial charge in [-0.2, -0.15) is 0 Å². The third kappa shape index (κ3) is 3.22. The molecule has 16 heavy (non-hydrogen) atoms. The van der Waals surface area contributed by atoms with Gasteiger partial charge in [-0.3, -0.25) is 0 Å². The third-order valence-corrected chi connectivity index (χ3v) is 2.40. The van der Waals surface area contributed by atoms with Crippen molar-refractivity contribution >= 4 is 11.6 Å². The van der Waals surface area contributed by atoms with E-state index in [1.54, 1.807) is 12.1 Å². The predicted molar refractivity (Wildman–Crippen MR) is 64.4 cm³/mol. The van der Waals surface area contributed by atoms with Crippen LogP contribution in [0.4, 0.5) is 4.39 Å². The van der Waals surface area contributed by atoms with Crippen LogP contribution >= 0.6 is 11.6 Å². The quantitative estimate of drug-likeness (QED) is 0.857. The fourth-order valence-electron chi connectivity index (χ4n) is 1.48. The minimum Gasteiger partial charge on any atom is -0.496 e. The first-order chi connectivity index (χ1) is 7.56. The molecule has 0 saturated heterocycles. The van der Waals surface area contributed by atoms with Crippen molar-refractivity contribution in [2.45, 2.75) is 13.0 Å². The van der Waals surface area contributed by atoms with Crippen LogP contribution < -0.4 is 10.1 Å². The van der Waals surface area contributed by atoms with Crippen LogP contribution in [0.3, 0.4) is 0 Å². The molecule has 88 valence electrons. The molecule has 0 amide bonds. The second kappa shape index (κ2) is 5.87. The number of halogens is 2. The molecule has 1 rings (SSSR count). The van der Waals surface area contributed by atoms with Gasteiger partial charge in [0.1, 0.15) is 11.6 Å². The average molecular weight is 244 g/mol. The van der Waals surface area contributed by atoms with E-state index < -0.39 is 0 Å². The Morgan fingerprint density at radius 1 is 1.62 bits per heavy atom. The van der Waals surface area contributed by atoms with Crippen molar-refractivity contribution in [1.29, 1.82) is 0 Å². The lowest BCUT2D eigenvalue weighted by Gasteiger charge is -2.17. The van der Waals surface area contributed by atoms with Crippen molar-refractivity contribution < 1.29 is 9.13 Å². The summed E-state index contributed by atoms with van der Waals surface area (Å²) in [6, 6.07) is 4.56. The summed E-state index contributed by atoms with van der Waals surface area (Å²) < 4.78 is 18.8. The van der Waals surface area contributed by atoms with Gasteiger partial charge >= 0.3 is 0 Å². The highest BCUT2D eigenvalue weighted by molar-refractivity contribution is 6.29. The first-order valence-electron chi connectivity index (χ1n) is 4.95. The van der Waals surface area contributed by atoms with E-state index in [1.807, 2.05) is 6.92 Å². The van der Waals surface area contributed by atoms with Gasteiger partial charge in [0.05, 0.1) is 7.11 Å². The lowest BCUT2D eigenvalue weighted by Crippen LogP contribution is -2.21. The molecule has 1 N–H and O–H groups in total.